The molecule has 0 fully saturated rings. The van der Waals surface area contributed by atoms with Crippen molar-refractivity contribution in [3.05, 3.63) is 23.9 Å². The molecule has 94 valence electrons. The number of aromatic nitrogens is 1. The number of aromatic carboxylic acids is 1. The van der Waals surface area contributed by atoms with Crippen molar-refractivity contribution < 1.29 is 15.0 Å². The molecule has 0 bridgehead atoms. The molecule has 0 aliphatic carbocycles. The first kappa shape index (κ1) is 14.0. The number of pyridine rings is 1. The minimum absolute atomic E-state index is 0.259. The molecule has 1 heterocycles. The number of hydrogen-bond acceptors (Lipinski definition) is 4. The van der Waals surface area contributed by atoms with Crippen LogP contribution >= 0.6 is 11.8 Å². The van der Waals surface area contributed by atoms with Crippen LogP contribution in [-0.4, -0.2) is 33.5 Å². The van der Waals surface area contributed by atoms with Crippen molar-refractivity contribution in [2.24, 2.45) is 0 Å². The Morgan fingerprint density at radius 3 is 2.76 bits per heavy atom. The van der Waals surface area contributed by atoms with Crippen LogP contribution < -0.4 is 0 Å². The summed E-state index contributed by atoms with van der Waals surface area (Å²) in [6, 6.07) is 3.09. The lowest BCUT2D eigenvalue weighted by atomic mass is 10.2. The molecule has 1 rings (SSSR count). The van der Waals surface area contributed by atoms with Gasteiger partial charge in [0, 0.05) is 12.8 Å². The molecule has 5 heteroatoms. The van der Waals surface area contributed by atoms with Crippen LogP contribution in [0.15, 0.2) is 23.4 Å². The minimum atomic E-state index is -0.919. The van der Waals surface area contributed by atoms with Gasteiger partial charge in [-0.15, -0.1) is 11.8 Å². The highest BCUT2D eigenvalue weighted by molar-refractivity contribution is 7.99. The molecule has 0 atom stereocenters. The zero-order valence-electron chi connectivity index (χ0n) is 9.63. The van der Waals surface area contributed by atoms with Gasteiger partial charge in [-0.2, -0.15) is 0 Å². The summed E-state index contributed by atoms with van der Waals surface area (Å²) in [5.74, 6) is 0.0128. The molecule has 0 saturated carbocycles. The monoisotopic (exact) mass is 255 g/mol. The van der Waals surface area contributed by atoms with E-state index in [0.29, 0.717) is 0 Å². The van der Waals surface area contributed by atoms with E-state index < -0.39 is 5.97 Å². The van der Waals surface area contributed by atoms with Crippen molar-refractivity contribution >= 4 is 17.7 Å². The number of carbonyl (C=O) groups is 1. The molecule has 0 aliphatic rings. The summed E-state index contributed by atoms with van der Waals surface area (Å²) in [7, 11) is 0. The highest BCUT2D eigenvalue weighted by Crippen LogP contribution is 2.18. The van der Waals surface area contributed by atoms with Crippen molar-refractivity contribution in [1.82, 2.24) is 4.98 Å². The molecule has 0 unspecified atom stereocenters. The van der Waals surface area contributed by atoms with Gasteiger partial charge in [0.15, 0.2) is 0 Å². The maximum absolute atomic E-state index is 10.7. The molecule has 17 heavy (non-hydrogen) atoms. The summed E-state index contributed by atoms with van der Waals surface area (Å²) in [6.07, 6.45) is 5.57. The fraction of sp³-hybridized carbons (Fsp3) is 0.500. The second kappa shape index (κ2) is 8.08. The van der Waals surface area contributed by atoms with Crippen molar-refractivity contribution in [2.75, 3.05) is 12.4 Å². The third kappa shape index (κ3) is 5.70. The molecule has 1 aromatic heterocycles. The van der Waals surface area contributed by atoms with E-state index in [-0.39, 0.29) is 12.2 Å². The zero-order chi connectivity index (χ0) is 12.5. The molecule has 0 radical (unpaired) electrons. The van der Waals surface area contributed by atoms with Crippen LogP contribution in [0.5, 0.6) is 0 Å². The number of nitrogens with zero attached hydrogens (tertiary/aromatic N) is 1. The Morgan fingerprint density at radius 2 is 2.06 bits per heavy atom. The van der Waals surface area contributed by atoms with Crippen LogP contribution in [0.4, 0.5) is 0 Å². The molecule has 0 aliphatic heterocycles. The summed E-state index contributed by atoms with van der Waals surface area (Å²) in [6.45, 7) is 0.259. The quantitative estimate of drug-likeness (QED) is 0.551. The van der Waals surface area contributed by atoms with Gasteiger partial charge in [0.25, 0.3) is 0 Å². The molecule has 4 nitrogen and oxygen atoms in total. The highest BCUT2D eigenvalue weighted by Gasteiger charge is 2.04. The summed E-state index contributed by atoms with van der Waals surface area (Å²) < 4.78 is 0. The molecule has 2 N–H and O–H groups in total. The van der Waals surface area contributed by atoms with Gasteiger partial charge in [0.2, 0.25) is 0 Å². The highest BCUT2D eigenvalue weighted by atomic mass is 32.2. The van der Waals surface area contributed by atoms with Crippen LogP contribution in [0.1, 0.15) is 36.0 Å². The number of hydrogen-bond donors (Lipinski definition) is 2. The van der Waals surface area contributed by atoms with Gasteiger partial charge >= 0.3 is 5.97 Å². The topological polar surface area (TPSA) is 70.4 Å². The Kier molecular flexibility index (Phi) is 6.65. The van der Waals surface area contributed by atoms with Gasteiger partial charge in [-0.1, -0.05) is 12.8 Å². The van der Waals surface area contributed by atoms with Crippen LogP contribution in [0.3, 0.4) is 0 Å². The molecular weight excluding hydrogens is 238 g/mol. The zero-order valence-corrected chi connectivity index (χ0v) is 10.4. The van der Waals surface area contributed by atoms with E-state index in [9.17, 15) is 4.79 Å². The summed E-state index contributed by atoms with van der Waals surface area (Å²) >= 11 is 1.57. The van der Waals surface area contributed by atoms with E-state index in [1.807, 2.05) is 0 Å². The van der Waals surface area contributed by atoms with E-state index in [4.69, 9.17) is 10.2 Å². The molecular formula is C12H17NO3S. The summed E-state index contributed by atoms with van der Waals surface area (Å²) in [4.78, 5) is 14.9. The maximum atomic E-state index is 10.7. The van der Waals surface area contributed by atoms with E-state index in [0.717, 1.165) is 36.5 Å². The van der Waals surface area contributed by atoms with E-state index in [2.05, 4.69) is 4.98 Å². The number of unbranched alkanes of at least 4 members (excludes halogenated alkanes) is 3. The van der Waals surface area contributed by atoms with E-state index >= 15 is 0 Å². The average Bonchev–Trinajstić information content (AvgIpc) is 2.34. The van der Waals surface area contributed by atoms with Crippen molar-refractivity contribution in [1.29, 1.82) is 0 Å². The predicted molar refractivity (Wildman–Crippen MR) is 67.5 cm³/mol. The number of rotatable bonds is 8. The molecule has 0 spiro atoms. The van der Waals surface area contributed by atoms with Gasteiger partial charge in [-0.25, -0.2) is 9.78 Å². The van der Waals surface area contributed by atoms with Gasteiger partial charge in [-0.3, -0.25) is 0 Å². The second-order valence-electron chi connectivity index (χ2n) is 3.67. The standard InChI is InChI=1S/C12H17NO3S/c14-7-3-1-2-4-8-17-11-9-10(12(15)16)5-6-13-11/h5-6,9,14H,1-4,7-8H2,(H,15,16). The molecule has 0 saturated heterocycles. The fourth-order valence-corrected chi connectivity index (χ4v) is 2.27. The van der Waals surface area contributed by atoms with Crippen LogP contribution in [0, 0.1) is 0 Å². The summed E-state index contributed by atoms with van der Waals surface area (Å²) in [5.41, 5.74) is 0.280. The van der Waals surface area contributed by atoms with Gasteiger partial charge in [0.05, 0.1) is 10.6 Å². The minimum Gasteiger partial charge on any atom is -0.478 e. The van der Waals surface area contributed by atoms with E-state index in [1.165, 1.54) is 12.3 Å². The smallest absolute Gasteiger partial charge is 0.335 e. The maximum Gasteiger partial charge on any atom is 0.335 e. The van der Waals surface area contributed by atoms with Crippen molar-refractivity contribution in [3.63, 3.8) is 0 Å². The molecule has 0 aromatic carbocycles. The Hall–Kier alpha value is -1.07. The lowest BCUT2D eigenvalue weighted by Gasteiger charge is -2.02. The van der Waals surface area contributed by atoms with Crippen molar-refractivity contribution in [2.45, 2.75) is 30.7 Å². The SMILES string of the molecule is O=C(O)c1ccnc(SCCCCCCO)c1. The number of thioether (sulfide) groups is 1. The lowest BCUT2D eigenvalue weighted by molar-refractivity contribution is 0.0696. The lowest BCUT2D eigenvalue weighted by Crippen LogP contribution is -1.97. The van der Waals surface area contributed by atoms with Gasteiger partial charge < -0.3 is 10.2 Å². The van der Waals surface area contributed by atoms with Crippen LogP contribution in [0.25, 0.3) is 0 Å². The predicted octanol–water partition coefficient (Wildman–Crippen LogP) is 2.42. The molecule has 0 amide bonds. The Bertz CT molecular complexity index is 357. The largest absolute Gasteiger partial charge is 0.478 e. The van der Waals surface area contributed by atoms with Crippen LogP contribution in [0.2, 0.25) is 0 Å². The second-order valence-corrected chi connectivity index (χ2v) is 4.79. The number of carboxylic acid groups (broad SMARTS) is 1. The van der Waals surface area contributed by atoms with E-state index in [1.54, 1.807) is 17.8 Å². The first-order chi connectivity index (χ1) is 8.24. The number of carboxylic acids is 1. The number of aliphatic hydroxyl groups excluding tert-OH is 1. The van der Waals surface area contributed by atoms with Gasteiger partial charge in [-0.05, 0) is 30.7 Å². The fourth-order valence-electron chi connectivity index (χ4n) is 1.37. The van der Waals surface area contributed by atoms with Crippen molar-refractivity contribution in [3.8, 4) is 0 Å². The number of aliphatic hydroxyl groups is 1. The van der Waals surface area contributed by atoms with Gasteiger partial charge in [0.1, 0.15) is 0 Å². The van der Waals surface area contributed by atoms with Crippen LogP contribution in [-0.2, 0) is 0 Å². The Labute approximate surface area is 105 Å². The summed E-state index contributed by atoms with van der Waals surface area (Å²) in [5, 5.41) is 18.2. The third-order valence-corrected chi connectivity index (χ3v) is 3.30. The molecule has 1 aromatic rings. The normalized spacial score (nSPS) is 10.4. The Balaban J connectivity index is 2.27. The Morgan fingerprint density at radius 1 is 1.29 bits per heavy atom. The third-order valence-electron chi connectivity index (χ3n) is 2.28. The first-order valence-electron chi connectivity index (χ1n) is 5.67. The first-order valence-corrected chi connectivity index (χ1v) is 6.65. The average molecular weight is 255 g/mol.